The highest BCUT2D eigenvalue weighted by Crippen LogP contribution is 2.13. The van der Waals surface area contributed by atoms with Crippen LogP contribution in [0.3, 0.4) is 0 Å². The van der Waals surface area contributed by atoms with Crippen molar-refractivity contribution in [1.29, 1.82) is 0 Å². The quantitative estimate of drug-likeness (QED) is 0.304. The summed E-state index contributed by atoms with van der Waals surface area (Å²) >= 11 is 0. The van der Waals surface area contributed by atoms with Gasteiger partial charge in [-0.1, -0.05) is 84.0 Å². The summed E-state index contributed by atoms with van der Waals surface area (Å²) in [6.07, 6.45) is 17.0. The Morgan fingerprint density at radius 2 is 1.17 bits per heavy atom. The molecule has 0 aromatic rings. The molecule has 0 heterocycles. The fraction of sp³-hybridized carbons (Fsp3) is 1.00. The number of rotatable bonds is 17. The van der Waals surface area contributed by atoms with Gasteiger partial charge in [0.25, 0.3) is 0 Å². The zero-order valence-corrected chi connectivity index (χ0v) is 16.2. The molecule has 0 aliphatic carbocycles. The van der Waals surface area contributed by atoms with Crippen LogP contribution in [0.4, 0.5) is 0 Å². The third-order valence-corrected chi connectivity index (χ3v) is 4.80. The second-order valence-corrected chi connectivity index (χ2v) is 7.90. The SMILES string of the molecule is CCCCCCCCCCCCCC[C@@H](O)C[N+](C)(C)CCO. The largest absolute Gasteiger partial charge is 0.391 e. The number of aliphatic hydroxyl groups excluding tert-OH is 2. The molecular weight excluding hydrogens is 286 g/mol. The average molecular weight is 331 g/mol. The van der Waals surface area contributed by atoms with Crippen molar-refractivity contribution in [3.05, 3.63) is 0 Å². The van der Waals surface area contributed by atoms with Crippen LogP contribution in [0.2, 0.25) is 0 Å². The summed E-state index contributed by atoms with van der Waals surface area (Å²) in [5.41, 5.74) is 0. The van der Waals surface area contributed by atoms with Crippen molar-refractivity contribution in [3.8, 4) is 0 Å². The van der Waals surface area contributed by atoms with Gasteiger partial charge in [-0.2, -0.15) is 0 Å². The molecule has 0 rings (SSSR count). The van der Waals surface area contributed by atoms with E-state index in [4.69, 9.17) is 5.11 Å². The molecule has 0 aromatic carbocycles. The van der Waals surface area contributed by atoms with E-state index in [0.29, 0.717) is 4.48 Å². The zero-order chi connectivity index (χ0) is 17.4. The highest BCUT2D eigenvalue weighted by Gasteiger charge is 2.19. The second-order valence-electron chi connectivity index (χ2n) is 7.90. The van der Waals surface area contributed by atoms with Crippen molar-refractivity contribution >= 4 is 0 Å². The highest BCUT2D eigenvalue weighted by atomic mass is 16.3. The number of nitrogens with zero attached hydrogens (tertiary/aromatic N) is 1. The van der Waals surface area contributed by atoms with E-state index >= 15 is 0 Å². The van der Waals surface area contributed by atoms with Crippen LogP contribution in [0, 0.1) is 0 Å². The van der Waals surface area contributed by atoms with Gasteiger partial charge in [-0.05, 0) is 6.42 Å². The second kappa shape index (κ2) is 15.4. The Morgan fingerprint density at radius 1 is 0.739 bits per heavy atom. The Labute approximate surface area is 145 Å². The maximum absolute atomic E-state index is 10.1. The summed E-state index contributed by atoms with van der Waals surface area (Å²) in [6.45, 7) is 3.93. The molecule has 0 fully saturated rings. The molecule has 0 aliphatic heterocycles. The minimum Gasteiger partial charge on any atom is -0.391 e. The summed E-state index contributed by atoms with van der Waals surface area (Å²) in [4.78, 5) is 0. The van der Waals surface area contributed by atoms with E-state index < -0.39 is 0 Å². The number of quaternary nitrogens is 1. The summed E-state index contributed by atoms with van der Waals surface area (Å²) < 4.78 is 0.704. The van der Waals surface area contributed by atoms with Gasteiger partial charge >= 0.3 is 0 Å². The fourth-order valence-corrected chi connectivity index (χ4v) is 3.24. The lowest BCUT2D eigenvalue weighted by Crippen LogP contribution is -2.47. The Morgan fingerprint density at radius 3 is 1.61 bits per heavy atom. The topological polar surface area (TPSA) is 40.5 Å². The van der Waals surface area contributed by atoms with E-state index in [9.17, 15) is 5.11 Å². The molecule has 3 heteroatoms. The Hall–Kier alpha value is -0.120. The van der Waals surface area contributed by atoms with Crippen molar-refractivity contribution in [2.45, 2.75) is 96.5 Å². The molecule has 0 saturated heterocycles. The lowest BCUT2D eigenvalue weighted by molar-refractivity contribution is -0.893. The molecule has 0 bridgehead atoms. The zero-order valence-electron chi connectivity index (χ0n) is 16.2. The van der Waals surface area contributed by atoms with Gasteiger partial charge in [-0.25, -0.2) is 0 Å². The van der Waals surface area contributed by atoms with Crippen LogP contribution in [0.5, 0.6) is 0 Å². The minimum absolute atomic E-state index is 0.193. The first-order chi connectivity index (χ1) is 11.0. The minimum atomic E-state index is -0.223. The number of hydrogen-bond acceptors (Lipinski definition) is 2. The first-order valence-corrected chi connectivity index (χ1v) is 10.1. The number of unbranched alkanes of at least 4 members (excludes halogenated alkanes) is 11. The van der Waals surface area contributed by atoms with Crippen molar-refractivity contribution in [1.82, 2.24) is 0 Å². The lowest BCUT2D eigenvalue weighted by Gasteiger charge is -2.31. The van der Waals surface area contributed by atoms with Crippen LogP contribution in [-0.4, -0.2) is 54.6 Å². The van der Waals surface area contributed by atoms with Crippen LogP contribution >= 0.6 is 0 Å². The molecule has 0 aromatic heterocycles. The smallest absolute Gasteiger partial charge is 0.105 e. The third-order valence-electron chi connectivity index (χ3n) is 4.80. The standard InChI is InChI=1S/C20H44NO2/c1-4-5-6-7-8-9-10-11-12-13-14-15-16-20(23)19-21(2,3)17-18-22/h20,22-23H,4-19H2,1-3H3/q+1/t20-/m1/s1. The normalized spacial score (nSPS) is 13.4. The van der Waals surface area contributed by atoms with Gasteiger partial charge in [-0.3, -0.25) is 0 Å². The summed E-state index contributed by atoms with van der Waals surface area (Å²) in [5, 5.41) is 19.1. The van der Waals surface area contributed by atoms with Gasteiger partial charge in [0.15, 0.2) is 0 Å². The number of hydrogen-bond donors (Lipinski definition) is 2. The molecule has 0 unspecified atom stereocenters. The summed E-state index contributed by atoms with van der Waals surface area (Å²) in [6, 6.07) is 0. The van der Waals surface area contributed by atoms with E-state index in [1.807, 2.05) is 0 Å². The molecule has 0 amide bonds. The molecule has 2 N–H and O–H groups in total. The molecule has 3 nitrogen and oxygen atoms in total. The van der Waals surface area contributed by atoms with Gasteiger partial charge in [0.2, 0.25) is 0 Å². The summed E-state index contributed by atoms with van der Waals surface area (Å²) in [5.74, 6) is 0. The monoisotopic (exact) mass is 330 g/mol. The van der Waals surface area contributed by atoms with Gasteiger partial charge in [0, 0.05) is 0 Å². The molecule has 23 heavy (non-hydrogen) atoms. The Kier molecular flexibility index (Phi) is 15.3. The van der Waals surface area contributed by atoms with E-state index in [-0.39, 0.29) is 12.7 Å². The van der Waals surface area contributed by atoms with Crippen molar-refractivity contribution in [2.75, 3.05) is 33.8 Å². The van der Waals surface area contributed by atoms with E-state index in [1.165, 1.54) is 70.6 Å². The molecule has 140 valence electrons. The van der Waals surface area contributed by atoms with Crippen molar-refractivity contribution < 1.29 is 14.7 Å². The van der Waals surface area contributed by atoms with Gasteiger partial charge in [-0.15, -0.1) is 0 Å². The van der Waals surface area contributed by atoms with Crippen molar-refractivity contribution in [3.63, 3.8) is 0 Å². The molecule has 0 spiro atoms. The van der Waals surface area contributed by atoms with E-state index in [0.717, 1.165) is 25.9 Å². The maximum atomic E-state index is 10.1. The van der Waals surface area contributed by atoms with Crippen LogP contribution in [0.15, 0.2) is 0 Å². The van der Waals surface area contributed by atoms with Crippen LogP contribution in [-0.2, 0) is 0 Å². The average Bonchev–Trinajstić information content (AvgIpc) is 2.47. The first kappa shape index (κ1) is 22.9. The van der Waals surface area contributed by atoms with Crippen LogP contribution < -0.4 is 0 Å². The molecular formula is C20H44NO2+. The first-order valence-electron chi connectivity index (χ1n) is 10.1. The van der Waals surface area contributed by atoms with Gasteiger partial charge in [0.1, 0.15) is 19.2 Å². The van der Waals surface area contributed by atoms with Gasteiger partial charge in [0.05, 0.1) is 20.7 Å². The molecule has 0 aliphatic rings. The fourth-order valence-electron chi connectivity index (χ4n) is 3.24. The lowest BCUT2D eigenvalue weighted by atomic mass is 10.0. The van der Waals surface area contributed by atoms with E-state index in [2.05, 4.69) is 21.0 Å². The Bertz CT molecular complexity index is 244. The molecule has 0 saturated carbocycles. The van der Waals surface area contributed by atoms with Gasteiger partial charge < -0.3 is 14.7 Å². The molecule has 1 atom stereocenters. The molecule has 0 radical (unpaired) electrons. The Balaban J connectivity index is 3.29. The predicted octanol–water partition coefficient (Wildman–Crippen LogP) is 4.51. The number of aliphatic hydroxyl groups is 2. The van der Waals surface area contributed by atoms with E-state index in [1.54, 1.807) is 0 Å². The van der Waals surface area contributed by atoms with Crippen molar-refractivity contribution in [2.24, 2.45) is 0 Å². The van der Waals surface area contributed by atoms with Crippen LogP contribution in [0.1, 0.15) is 90.4 Å². The number of likely N-dealkylation sites (N-methyl/N-ethyl adjacent to an activating group) is 1. The predicted molar refractivity (Wildman–Crippen MR) is 101 cm³/mol. The summed E-state index contributed by atoms with van der Waals surface area (Å²) in [7, 11) is 4.14. The maximum Gasteiger partial charge on any atom is 0.105 e. The third kappa shape index (κ3) is 16.5. The van der Waals surface area contributed by atoms with Crippen LogP contribution in [0.25, 0.3) is 0 Å². The highest BCUT2D eigenvalue weighted by molar-refractivity contribution is 4.56.